The molecule has 4 rings (SSSR count). The van der Waals surface area contributed by atoms with Crippen LogP contribution in [0.2, 0.25) is 0 Å². The quantitative estimate of drug-likeness (QED) is 0.238. The maximum Gasteiger partial charge on any atom is 0.349 e. The number of benzene rings is 2. The van der Waals surface area contributed by atoms with E-state index in [0.29, 0.717) is 49.4 Å². The number of nitrogens with zero attached hydrogens (tertiary/aromatic N) is 2. The minimum absolute atomic E-state index is 0.348. The van der Waals surface area contributed by atoms with Gasteiger partial charge in [0.1, 0.15) is 25.5 Å². The SMILES string of the molecule is COC(=O)c1sc(-c2ccc(OCC(C)C)c(-c3nc(C)c(C(=O)OC)s3)c2)nc1C.c1ccccc1. The van der Waals surface area contributed by atoms with E-state index in [2.05, 4.69) is 23.8 Å². The van der Waals surface area contributed by atoms with E-state index in [1.807, 2.05) is 54.6 Å². The minimum atomic E-state index is -0.416. The number of aromatic nitrogens is 2. The van der Waals surface area contributed by atoms with Crippen LogP contribution in [0.15, 0.2) is 54.6 Å². The predicted molar refractivity (Wildman–Crippen MR) is 148 cm³/mol. The van der Waals surface area contributed by atoms with Crippen LogP contribution in [0, 0.1) is 19.8 Å². The van der Waals surface area contributed by atoms with E-state index in [9.17, 15) is 9.59 Å². The normalized spacial score (nSPS) is 10.5. The molecule has 0 bridgehead atoms. The smallest absolute Gasteiger partial charge is 0.349 e. The molecule has 0 spiro atoms. The fourth-order valence-electron chi connectivity index (χ4n) is 3.19. The van der Waals surface area contributed by atoms with E-state index in [0.717, 1.165) is 11.1 Å². The third-order valence-electron chi connectivity index (χ3n) is 5.03. The van der Waals surface area contributed by atoms with E-state index in [4.69, 9.17) is 14.2 Å². The van der Waals surface area contributed by atoms with Crippen LogP contribution in [0.25, 0.3) is 21.1 Å². The Morgan fingerprint density at radius 3 is 1.78 bits per heavy atom. The highest BCUT2D eigenvalue weighted by Crippen LogP contribution is 2.39. The van der Waals surface area contributed by atoms with Crippen LogP contribution < -0.4 is 4.74 Å². The van der Waals surface area contributed by atoms with Crippen LogP contribution in [-0.2, 0) is 9.47 Å². The largest absolute Gasteiger partial charge is 0.493 e. The zero-order chi connectivity index (χ0) is 26.9. The molecule has 9 heteroatoms. The third kappa shape index (κ3) is 7.24. The van der Waals surface area contributed by atoms with Crippen molar-refractivity contribution < 1.29 is 23.8 Å². The first-order chi connectivity index (χ1) is 17.7. The molecule has 0 N–H and O–H groups in total. The fraction of sp³-hybridized carbons (Fsp3) is 0.286. The molecule has 0 radical (unpaired) electrons. The summed E-state index contributed by atoms with van der Waals surface area (Å²) in [5, 5.41) is 1.34. The van der Waals surface area contributed by atoms with Crippen molar-refractivity contribution in [3.05, 3.63) is 75.7 Å². The predicted octanol–water partition coefficient (Wildman–Crippen LogP) is 6.85. The van der Waals surface area contributed by atoms with Gasteiger partial charge in [-0.2, -0.15) is 0 Å². The van der Waals surface area contributed by atoms with Crippen molar-refractivity contribution >= 4 is 34.6 Å². The molecular formula is C28H30N2O5S2. The number of rotatable bonds is 7. The van der Waals surface area contributed by atoms with Crippen LogP contribution in [0.5, 0.6) is 5.75 Å². The second-order valence-electron chi connectivity index (χ2n) is 8.42. The average Bonchev–Trinajstić information content (AvgIpc) is 3.50. The van der Waals surface area contributed by atoms with Gasteiger partial charge in [0.15, 0.2) is 0 Å². The van der Waals surface area contributed by atoms with Gasteiger partial charge in [-0.25, -0.2) is 19.6 Å². The highest BCUT2D eigenvalue weighted by molar-refractivity contribution is 7.17. The maximum absolute atomic E-state index is 12.1. The lowest BCUT2D eigenvalue weighted by Gasteiger charge is -2.13. The Kier molecular flexibility index (Phi) is 9.93. The van der Waals surface area contributed by atoms with Crippen molar-refractivity contribution in [3.63, 3.8) is 0 Å². The molecule has 0 saturated heterocycles. The lowest BCUT2D eigenvalue weighted by atomic mass is 10.1. The van der Waals surface area contributed by atoms with Gasteiger partial charge < -0.3 is 14.2 Å². The van der Waals surface area contributed by atoms with Crippen LogP contribution in [0.3, 0.4) is 0 Å². The molecule has 0 saturated carbocycles. The Hall–Kier alpha value is -3.56. The summed E-state index contributed by atoms with van der Waals surface area (Å²) in [4.78, 5) is 34.1. The summed E-state index contributed by atoms with van der Waals surface area (Å²) in [6.07, 6.45) is 0. The molecule has 0 unspecified atom stereocenters. The van der Waals surface area contributed by atoms with E-state index < -0.39 is 11.9 Å². The van der Waals surface area contributed by atoms with Gasteiger partial charge in [0.2, 0.25) is 0 Å². The molecule has 0 amide bonds. The van der Waals surface area contributed by atoms with Crippen LogP contribution in [0.4, 0.5) is 0 Å². The first-order valence-electron chi connectivity index (χ1n) is 11.6. The van der Waals surface area contributed by atoms with Gasteiger partial charge in [0, 0.05) is 5.56 Å². The van der Waals surface area contributed by atoms with E-state index in [1.54, 1.807) is 13.8 Å². The molecule has 0 aliphatic heterocycles. The van der Waals surface area contributed by atoms with Gasteiger partial charge in [-0.15, -0.1) is 22.7 Å². The van der Waals surface area contributed by atoms with Crippen molar-refractivity contribution in [1.29, 1.82) is 0 Å². The number of thiazole rings is 2. The summed E-state index contributed by atoms with van der Waals surface area (Å²) < 4.78 is 15.7. The second kappa shape index (κ2) is 13.1. The topological polar surface area (TPSA) is 87.6 Å². The monoisotopic (exact) mass is 538 g/mol. The van der Waals surface area contributed by atoms with Crippen LogP contribution >= 0.6 is 22.7 Å². The van der Waals surface area contributed by atoms with Crippen molar-refractivity contribution in [3.8, 4) is 26.9 Å². The fourth-order valence-corrected chi connectivity index (χ4v) is 5.18. The third-order valence-corrected chi connectivity index (χ3v) is 7.39. The number of methoxy groups -OCH3 is 2. The van der Waals surface area contributed by atoms with E-state index in [-0.39, 0.29) is 0 Å². The number of aryl methyl sites for hydroxylation is 2. The highest BCUT2D eigenvalue weighted by atomic mass is 32.1. The zero-order valence-electron chi connectivity index (χ0n) is 21.7. The molecular weight excluding hydrogens is 508 g/mol. The molecule has 2 aromatic heterocycles. The van der Waals surface area contributed by atoms with Crippen molar-refractivity contribution in [2.24, 2.45) is 5.92 Å². The Morgan fingerprint density at radius 2 is 1.30 bits per heavy atom. The first-order valence-corrected chi connectivity index (χ1v) is 13.3. The number of hydrogen-bond donors (Lipinski definition) is 0. The summed E-state index contributed by atoms with van der Waals surface area (Å²) in [6.45, 7) is 8.24. The van der Waals surface area contributed by atoms with Gasteiger partial charge in [-0.3, -0.25) is 0 Å². The molecule has 0 atom stereocenters. The number of carbonyl (C=O) groups excluding carboxylic acids is 2. The summed E-state index contributed by atoms with van der Waals surface area (Å²) in [5.41, 5.74) is 2.80. The Balaban J connectivity index is 0.000000555. The molecule has 37 heavy (non-hydrogen) atoms. The van der Waals surface area contributed by atoms with Crippen molar-refractivity contribution in [1.82, 2.24) is 9.97 Å². The summed E-state index contributed by atoms with van der Waals surface area (Å²) in [7, 11) is 2.70. The molecule has 2 aromatic carbocycles. The number of ether oxygens (including phenoxy) is 3. The Labute approximate surface area is 225 Å². The molecule has 0 aliphatic rings. The molecule has 0 aliphatic carbocycles. The second-order valence-corrected chi connectivity index (χ2v) is 10.4. The summed E-state index contributed by atoms with van der Waals surface area (Å²) >= 11 is 2.53. The Bertz CT molecular complexity index is 1320. The molecule has 0 fully saturated rings. The summed E-state index contributed by atoms with van der Waals surface area (Å²) in [6, 6.07) is 17.7. The first kappa shape index (κ1) is 28.0. The van der Waals surface area contributed by atoms with Crippen molar-refractivity contribution in [2.45, 2.75) is 27.7 Å². The van der Waals surface area contributed by atoms with E-state index in [1.165, 1.54) is 36.9 Å². The lowest BCUT2D eigenvalue weighted by Crippen LogP contribution is -2.05. The minimum Gasteiger partial charge on any atom is -0.493 e. The zero-order valence-corrected chi connectivity index (χ0v) is 23.4. The Morgan fingerprint density at radius 1 is 0.811 bits per heavy atom. The van der Waals surface area contributed by atoms with Gasteiger partial charge >= 0.3 is 11.9 Å². The van der Waals surface area contributed by atoms with E-state index >= 15 is 0 Å². The highest BCUT2D eigenvalue weighted by Gasteiger charge is 2.21. The van der Waals surface area contributed by atoms with Crippen LogP contribution in [-0.4, -0.2) is 42.7 Å². The standard InChI is InChI=1S/C22H24N2O5S2.C6H6/c1-11(2)10-29-16-8-7-14(19-23-12(3)17(30-19)21(25)27-5)9-15(16)20-24-13(4)18(31-20)22(26)28-6;1-2-4-6-5-3-1/h7-9,11H,10H2,1-6H3;1-6H. The lowest BCUT2D eigenvalue weighted by molar-refractivity contribution is 0.0596. The van der Waals surface area contributed by atoms with Crippen LogP contribution in [0.1, 0.15) is 44.6 Å². The van der Waals surface area contributed by atoms with Gasteiger partial charge in [0.25, 0.3) is 0 Å². The van der Waals surface area contributed by atoms with Gasteiger partial charge in [-0.1, -0.05) is 50.2 Å². The number of hydrogen-bond acceptors (Lipinski definition) is 9. The maximum atomic E-state index is 12.1. The molecule has 194 valence electrons. The average molecular weight is 539 g/mol. The molecule has 2 heterocycles. The van der Waals surface area contributed by atoms with Gasteiger partial charge in [0.05, 0.1) is 37.8 Å². The number of carbonyl (C=O) groups is 2. The van der Waals surface area contributed by atoms with Crippen molar-refractivity contribution in [2.75, 3.05) is 20.8 Å². The number of esters is 2. The molecule has 7 nitrogen and oxygen atoms in total. The molecule has 4 aromatic rings. The summed E-state index contributed by atoms with van der Waals surface area (Å²) in [5.74, 6) is 0.196. The van der Waals surface area contributed by atoms with Gasteiger partial charge in [-0.05, 0) is 38.0 Å².